The number of oxazole rings is 1. The third-order valence-corrected chi connectivity index (χ3v) is 4.38. The molecule has 5 nitrogen and oxygen atoms in total. The van der Waals surface area contributed by atoms with Crippen molar-refractivity contribution in [1.29, 1.82) is 0 Å². The van der Waals surface area contributed by atoms with E-state index in [0.717, 1.165) is 16.6 Å². The summed E-state index contributed by atoms with van der Waals surface area (Å²) in [4.78, 5) is 8.78. The van der Waals surface area contributed by atoms with Crippen molar-refractivity contribution in [3.63, 3.8) is 0 Å². The summed E-state index contributed by atoms with van der Waals surface area (Å²) in [6.45, 7) is 3.82. The number of para-hydroxylation sites is 1. The normalized spacial score (nSPS) is 11.5. The number of benzene rings is 3. The SMILES string of the molecule is Cc1ccc2oc(-c3ccc(N=Cc4cccc(C)c4O)cc3O)nc2c1. The van der Waals surface area contributed by atoms with Gasteiger partial charge in [0.15, 0.2) is 5.58 Å². The van der Waals surface area contributed by atoms with Crippen LogP contribution in [0.1, 0.15) is 16.7 Å². The van der Waals surface area contributed by atoms with E-state index in [-0.39, 0.29) is 11.5 Å². The summed E-state index contributed by atoms with van der Waals surface area (Å²) in [6, 6.07) is 16.2. The molecule has 27 heavy (non-hydrogen) atoms. The van der Waals surface area contributed by atoms with Crippen LogP contribution in [0.15, 0.2) is 64.0 Å². The van der Waals surface area contributed by atoms with Gasteiger partial charge < -0.3 is 14.6 Å². The van der Waals surface area contributed by atoms with Gasteiger partial charge >= 0.3 is 0 Å². The van der Waals surface area contributed by atoms with E-state index in [4.69, 9.17) is 4.42 Å². The Morgan fingerprint density at radius 1 is 1.00 bits per heavy atom. The second kappa shape index (κ2) is 6.61. The van der Waals surface area contributed by atoms with Gasteiger partial charge in [0.1, 0.15) is 17.0 Å². The number of aliphatic imine (C=N–C) groups is 1. The molecule has 0 aliphatic carbocycles. The van der Waals surface area contributed by atoms with Gasteiger partial charge in [-0.1, -0.05) is 18.2 Å². The molecule has 5 heteroatoms. The van der Waals surface area contributed by atoms with Crippen molar-refractivity contribution in [3.05, 3.63) is 71.3 Å². The number of aromatic nitrogens is 1. The number of hydrogen-bond donors (Lipinski definition) is 2. The predicted octanol–water partition coefficient (Wildman–Crippen LogP) is 5.27. The summed E-state index contributed by atoms with van der Waals surface area (Å²) < 4.78 is 5.75. The molecule has 0 fully saturated rings. The van der Waals surface area contributed by atoms with Crippen LogP contribution < -0.4 is 0 Å². The van der Waals surface area contributed by atoms with Crippen molar-refractivity contribution in [2.24, 2.45) is 4.99 Å². The minimum Gasteiger partial charge on any atom is -0.507 e. The van der Waals surface area contributed by atoms with E-state index >= 15 is 0 Å². The van der Waals surface area contributed by atoms with Crippen LogP contribution >= 0.6 is 0 Å². The molecule has 1 heterocycles. The first-order chi connectivity index (χ1) is 13.0. The van der Waals surface area contributed by atoms with Gasteiger partial charge in [0, 0.05) is 17.8 Å². The topological polar surface area (TPSA) is 78.9 Å². The minimum atomic E-state index is 0.0291. The van der Waals surface area contributed by atoms with Crippen LogP contribution in [0.25, 0.3) is 22.6 Å². The molecule has 1 aromatic heterocycles. The zero-order valence-corrected chi connectivity index (χ0v) is 15.0. The number of phenolic OH excluding ortho intramolecular Hbond substituents is 2. The highest BCUT2D eigenvalue weighted by Crippen LogP contribution is 2.34. The van der Waals surface area contributed by atoms with Crippen LogP contribution in [-0.4, -0.2) is 21.4 Å². The Morgan fingerprint density at radius 3 is 2.67 bits per heavy atom. The molecule has 0 aliphatic rings. The molecule has 0 unspecified atom stereocenters. The van der Waals surface area contributed by atoms with Crippen LogP contribution in [0.3, 0.4) is 0 Å². The average molecular weight is 358 g/mol. The second-order valence-electron chi connectivity index (χ2n) is 6.46. The molecule has 0 spiro atoms. The lowest BCUT2D eigenvalue weighted by Gasteiger charge is -2.03. The quantitative estimate of drug-likeness (QED) is 0.489. The maximum atomic E-state index is 10.4. The number of hydrogen-bond acceptors (Lipinski definition) is 5. The van der Waals surface area contributed by atoms with E-state index in [1.54, 1.807) is 30.5 Å². The highest BCUT2D eigenvalue weighted by atomic mass is 16.3. The Balaban J connectivity index is 1.65. The molecule has 4 rings (SSSR count). The number of aryl methyl sites for hydroxylation is 2. The third kappa shape index (κ3) is 3.27. The lowest BCUT2D eigenvalue weighted by Crippen LogP contribution is -1.85. The van der Waals surface area contributed by atoms with Gasteiger partial charge in [0.05, 0.1) is 11.3 Å². The van der Waals surface area contributed by atoms with Crippen molar-refractivity contribution in [3.8, 4) is 23.0 Å². The molecule has 0 radical (unpaired) electrons. The lowest BCUT2D eigenvalue weighted by atomic mass is 10.1. The molecule has 0 atom stereocenters. The third-order valence-electron chi connectivity index (χ3n) is 4.38. The van der Waals surface area contributed by atoms with Crippen LogP contribution in [-0.2, 0) is 0 Å². The van der Waals surface area contributed by atoms with Crippen molar-refractivity contribution < 1.29 is 14.6 Å². The van der Waals surface area contributed by atoms with Gasteiger partial charge in [-0.2, -0.15) is 0 Å². The second-order valence-corrected chi connectivity index (χ2v) is 6.46. The van der Waals surface area contributed by atoms with Gasteiger partial charge in [-0.05, 0) is 55.3 Å². The van der Waals surface area contributed by atoms with E-state index < -0.39 is 0 Å². The monoisotopic (exact) mass is 358 g/mol. The van der Waals surface area contributed by atoms with Gasteiger partial charge in [0.25, 0.3) is 0 Å². The molecule has 2 N–H and O–H groups in total. The molecule has 0 aliphatic heterocycles. The Bertz CT molecular complexity index is 1180. The Morgan fingerprint density at radius 2 is 1.85 bits per heavy atom. The number of aromatic hydroxyl groups is 2. The minimum absolute atomic E-state index is 0.0291. The van der Waals surface area contributed by atoms with Gasteiger partial charge in [-0.25, -0.2) is 4.98 Å². The zero-order chi connectivity index (χ0) is 19.0. The summed E-state index contributed by atoms with van der Waals surface area (Å²) in [5.74, 6) is 0.588. The fourth-order valence-corrected chi connectivity index (χ4v) is 2.86. The molecule has 134 valence electrons. The van der Waals surface area contributed by atoms with Gasteiger partial charge in [0.2, 0.25) is 5.89 Å². The van der Waals surface area contributed by atoms with Crippen LogP contribution in [0.2, 0.25) is 0 Å². The van der Waals surface area contributed by atoms with Crippen LogP contribution in [0, 0.1) is 13.8 Å². The van der Waals surface area contributed by atoms with E-state index in [2.05, 4.69) is 9.98 Å². The van der Waals surface area contributed by atoms with E-state index in [1.807, 2.05) is 44.2 Å². The van der Waals surface area contributed by atoms with Crippen LogP contribution in [0.5, 0.6) is 11.5 Å². The van der Waals surface area contributed by atoms with Crippen molar-refractivity contribution in [1.82, 2.24) is 4.98 Å². The first kappa shape index (κ1) is 16.8. The summed E-state index contributed by atoms with van der Waals surface area (Å²) in [5.41, 5.74) is 4.98. The number of phenols is 2. The molecule has 0 saturated heterocycles. The maximum absolute atomic E-state index is 10.4. The van der Waals surface area contributed by atoms with Crippen molar-refractivity contribution in [2.45, 2.75) is 13.8 Å². The molecule has 0 saturated carbocycles. The first-order valence-corrected chi connectivity index (χ1v) is 8.54. The Hall–Kier alpha value is -3.60. The van der Waals surface area contributed by atoms with Gasteiger partial charge in [-0.15, -0.1) is 0 Å². The largest absolute Gasteiger partial charge is 0.507 e. The van der Waals surface area contributed by atoms with E-state index in [1.165, 1.54) is 0 Å². The van der Waals surface area contributed by atoms with E-state index in [0.29, 0.717) is 28.3 Å². The van der Waals surface area contributed by atoms with E-state index in [9.17, 15) is 10.2 Å². The standard InChI is InChI=1S/C22H18N2O3/c1-13-6-9-20-18(10-13)24-22(27-20)17-8-7-16(11-19(17)25)23-12-15-5-3-4-14(2)21(15)26/h3-12,25-26H,1-2H3. The summed E-state index contributed by atoms with van der Waals surface area (Å²) in [5, 5.41) is 20.4. The molecule has 4 aromatic rings. The molecular formula is C22H18N2O3. The smallest absolute Gasteiger partial charge is 0.231 e. The summed E-state index contributed by atoms with van der Waals surface area (Å²) in [6.07, 6.45) is 1.57. The Kier molecular flexibility index (Phi) is 4.12. The maximum Gasteiger partial charge on any atom is 0.231 e. The molecule has 3 aromatic carbocycles. The van der Waals surface area contributed by atoms with Gasteiger partial charge in [-0.3, -0.25) is 4.99 Å². The number of fused-ring (bicyclic) bond motifs is 1. The van der Waals surface area contributed by atoms with Crippen LogP contribution in [0.4, 0.5) is 5.69 Å². The Labute approximate surface area is 156 Å². The molecule has 0 bridgehead atoms. The summed E-state index contributed by atoms with van der Waals surface area (Å²) in [7, 11) is 0. The average Bonchev–Trinajstić information content (AvgIpc) is 3.05. The molecular weight excluding hydrogens is 340 g/mol. The first-order valence-electron chi connectivity index (χ1n) is 8.54. The molecule has 0 amide bonds. The highest BCUT2D eigenvalue weighted by molar-refractivity contribution is 5.86. The predicted molar refractivity (Wildman–Crippen MR) is 106 cm³/mol. The number of nitrogens with zero attached hydrogens (tertiary/aromatic N) is 2. The van der Waals surface area contributed by atoms with Crippen molar-refractivity contribution >= 4 is 23.0 Å². The number of rotatable bonds is 3. The highest BCUT2D eigenvalue weighted by Gasteiger charge is 2.13. The lowest BCUT2D eigenvalue weighted by molar-refractivity contribution is 0.470. The summed E-state index contributed by atoms with van der Waals surface area (Å²) >= 11 is 0. The fraction of sp³-hybridized carbons (Fsp3) is 0.0909. The fourth-order valence-electron chi connectivity index (χ4n) is 2.86. The zero-order valence-electron chi connectivity index (χ0n) is 15.0. The van der Waals surface area contributed by atoms with Crippen molar-refractivity contribution in [2.75, 3.05) is 0 Å².